The number of aliphatic hydroxyl groups is 1. The molecule has 0 aromatic heterocycles. The molecule has 0 saturated carbocycles. The smallest absolute Gasteiger partial charge is 0.163 e. The van der Waals surface area contributed by atoms with Crippen molar-refractivity contribution in [2.45, 2.75) is 25.4 Å². The third-order valence-corrected chi connectivity index (χ3v) is 3.96. The Labute approximate surface area is 132 Å². The fraction of sp³-hybridized carbons (Fsp3) is 0.278. The topological polar surface area (TPSA) is 46.5 Å². The molecule has 0 fully saturated rings. The molecule has 23 heavy (non-hydrogen) atoms. The van der Waals surface area contributed by atoms with E-state index < -0.39 is 17.7 Å². The molecule has 3 rings (SSSR count). The van der Waals surface area contributed by atoms with Gasteiger partial charge in [0.05, 0.1) is 0 Å². The van der Waals surface area contributed by atoms with Crippen LogP contribution in [0, 0.1) is 11.6 Å². The summed E-state index contributed by atoms with van der Waals surface area (Å²) in [6.07, 6.45) is 1.15. The monoisotopic (exact) mass is 318 g/mol. The summed E-state index contributed by atoms with van der Waals surface area (Å²) in [6.45, 7) is -0.0855. The maximum atomic E-state index is 13.2. The Balaban J connectivity index is 1.68. The molecule has 1 unspecified atom stereocenters. The third-order valence-electron chi connectivity index (χ3n) is 3.96. The van der Waals surface area contributed by atoms with Crippen LogP contribution >= 0.6 is 0 Å². The summed E-state index contributed by atoms with van der Waals surface area (Å²) in [4.78, 5) is 11.8. The molecule has 2 aromatic carbocycles. The molecule has 0 heterocycles. The van der Waals surface area contributed by atoms with Gasteiger partial charge in [0.1, 0.15) is 18.5 Å². The zero-order chi connectivity index (χ0) is 16.4. The number of fused-ring (bicyclic) bond motifs is 1. The van der Waals surface area contributed by atoms with Crippen LogP contribution in [0.25, 0.3) is 0 Å². The second-order valence-electron chi connectivity index (χ2n) is 5.60. The third kappa shape index (κ3) is 3.40. The summed E-state index contributed by atoms with van der Waals surface area (Å²) in [7, 11) is 0. The van der Waals surface area contributed by atoms with E-state index in [-0.39, 0.29) is 18.0 Å². The van der Waals surface area contributed by atoms with Gasteiger partial charge in [-0.3, -0.25) is 4.79 Å². The minimum absolute atomic E-state index is 0.0855. The number of rotatable bonds is 4. The highest BCUT2D eigenvalue weighted by Gasteiger charge is 2.18. The van der Waals surface area contributed by atoms with E-state index in [0.717, 1.165) is 36.1 Å². The lowest BCUT2D eigenvalue weighted by molar-refractivity contribution is 0.0971. The van der Waals surface area contributed by atoms with Crippen LogP contribution in [0.2, 0.25) is 0 Å². The van der Waals surface area contributed by atoms with Crippen molar-refractivity contribution in [3.8, 4) is 5.75 Å². The number of Topliss-reactive ketones (excluding diaryl/α,β-unsaturated/α-hetero) is 1. The van der Waals surface area contributed by atoms with E-state index in [1.807, 2.05) is 0 Å². The molecule has 5 heteroatoms. The van der Waals surface area contributed by atoms with Crippen molar-refractivity contribution in [1.29, 1.82) is 0 Å². The first-order valence-corrected chi connectivity index (χ1v) is 7.46. The van der Waals surface area contributed by atoms with E-state index >= 15 is 0 Å². The van der Waals surface area contributed by atoms with Crippen molar-refractivity contribution < 1.29 is 23.4 Å². The van der Waals surface area contributed by atoms with Gasteiger partial charge in [-0.05, 0) is 54.3 Å². The molecule has 0 aliphatic heterocycles. The molecule has 3 nitrogen and oxygen atoms in total. The Morgan fingerprint density at radius 2 is 1.91 bits per heavy atom. The van der Waals surface area contributed by atoms with E-state index in [0.29, 0.717) is 12.2 Å². The Morgan fingerprint density at radius 3 is 2.70 bits per heavy atom. The zero-order valence-electron chi connectivity index (χ0n) is 12.4. The molecular formula is C18H16F2O3. The van der Waals surface area contributed by atoms with Gasteiger partial charge in [0.25, 0.3) is 0 Å². The van der Waals surface area contributed by atoms with E-state index in [9.17, 15) is 18.7 Å². The molecule has 0 saturated heterocycles. The minimum atomic E-state index is -1.07. The number of aliphatic hydroxyl groups excluding tert-OH is 1. The van der Waals surface area contributed by atoms with Crippen LogP contribution in [-0.4, -0.2) is 17.5 Å². The maximum Gasteiger partial charge on any atom is 0.163 e. The highest BCUT2D eigenvalue weighted by atomic mass is 19.2. The van der Waals surface area contributed by atoms with E-state index in [4.69, 9.17) is 4.74 Å². The number of benzene rings is 2. The Hall–Kier alpha value is -2.27. The lowest BCUT2D eigenvalue weighted by Gasteiger charge is -2.17. The number of carbonyl (C=O) groups excluding carboxylic acids is 1. The Kier molecular flexibility index (Phi) is 4.39. The van der Waals surface area contributed by atoms with Crippen LogP contribution in [0.3, 0.4) is 0 Å². The normalized spacial score (nSPS) is 15.2. The van der Waals surface area contributed by atoms with Crippen molar-refractivity contribution >= 4 is 5.78 Å². The first kappa shape index (κ1) is 15.6. The van der Waals surface area contributed by atoms with Gasteiger partial charge in [0, 0.05) is 12.0 Å². The van der Waals surface area contributed by atoms with Gasteiger partial charge in [-0.15, -0.1) is 0 Å². The van der Waals surface area contributed by atoms with Crippen LogP contribution in [-0.2, 0) is 6.42 Å². The van der Waals surface area contributed by atoms with Crippen molar-refractivity contribution in [3.63, 3.8) is 0 Å². The highest BCUT2D eigenvalue weighted by molar-refractivity contribution is 5.98. The molecule has 0 amide bonds. The summed E-state index contributed by atoms with van der Waals surface area (Å²) in [5, 5.41) is 10.0. The second kappa shape index (κ2) is 6.46. The van der Waals surface area contributed by atoms with Crippen LogP contribution < -0.4 is 4.74 Å². The predicted octanol–water partition coefficient (Wildman–Crippen LogP) is 3.60. The van der Waals surface area contributed by atoms with Crippen LogP contribution in [0.1, 0.15) is 40.4 Å². The van der Waals surface area contributed by atoms with E-state index in [1.165, 1.54) is 6.07 Å². The predicted molar refractivity (Wildman–Crippen MR) is 80.5 cm³/mol. The molecule has 1 aliphatic carbocycles. The first-order valence-electron chi connectivity index (χ1n) is 7.46. The molecule has 0 spiro atoms. The quantitative estimate of drug-likeness (QED) is 0.937. The standard InChI is InChI=1S/C18H16F2O3/c19-15-7-4-12(9-16(15)20)18(22)10-23-13-5-6-14-11(8-13)2-1-3-17(14)21/h4-9,18,22H,1-3,10H2. The van der Waals surface area contributed by atoms with Gasteiger partial charge < -0.3 is 9.84 Å². The number of aryl methyl sites for hydroxylation is 1. The zero-order valence-corrected chi connectivity index (χ0v) is 12.4. The number of halogens is 2. The summed E-state index contributed by atoms with van der Waals surface area (Å²) < 4.78 is 31.6. The number of hydrogen-bond donors (Lipinski definition) is 1. The SMILES string of the molecule is O=C1CCCc2cc(OCC(O)c3ccc(F)c(F)c3)ccc21. The Morgan fingerprint density at radius 1 is 1.09 bits per heavy atom. The molecule has 120 valence electrons. The van der Waals surface area contributed by atoms with Crippen LogP contribution in [0.4, 0.5) is 8.78 Å². The summed E-state index contributed by atoms with van der Waals surface area (Å²) in [6, 6.07) is 8.45. The van der Waals surface area contributed by atoms with Gasteiger partial charge in [-0.1, -0.05) is 6.07 Å². The molecule has 0 radical (unpaired) electrons. The van der Waals surface area contributed by atoms with Gasteiger partial charge in [0.15, 0.2) is 17.4 Å². The molecule has 1 atom stereocenters. The maximum absolute atomic E-state index is 13.2. The average Bonchev–Trinajstić information content (AvgIpc) is 2.55. The largest absolute Gasteiger partial charge is 0.491 e. The number of ether oxygens (including phenoxy) is 1. The molecule has 1 aliphatic rings. The highest BCUT2D eigenvalue weighted by Crippen LogP contribution is 2.26. The van der Waals surface area contributed by atoms with Crippen LogP contribution in [0.5, 0.6) is 5.75 Å². The number of hydrogen-bond acceptors (Lipinski definition) is 3. The van der Waals surface area contributed by atoms with Gasteiger partial charge in [-0.2, -0.15) is 0 Å². The summed E-state index contributed by atoms with van der Waals surface area (Å²) >= 11 is 0. The lowest BCUT2D eigenvalue weighted by Crippen LogP contribution is -2.13. The van der Waals surface area contributed by atoms with E-state index in [2.05, 4.69) is 0 Å². The summed E-state index contributed by atoms with van der Waals surface area (Å²) in [5.41, 5.74) is 1.92. The van der Waals surface area contributed by atoms with Crippen molar-refractivity contribution in [1.82, 2.24) is 0 Å². The van der Waals surface area contributed by atoms with Crippen molar-refractivity contribution in [3.05, 3.63) is 64.7 Å². The summed E-state index contributed by atoms with van der Waals surface area (Å²) in [5.74, 6) is -1.28. The fourth-order valence-corrected chi connectivity index (χ4v) is 2.70. The fourth-order valence-electron chi connectivity index (χ4n) is 2.70. The second-order valence-corrected chi connectivity index (χ2v) is 5.60. The Bertz CT molecular complexity index is 743. The lowest BCUT2D eigenvalue weighted by atomic mass is 9.90. The molecule has 2 aromatic rings. The minimum Gasteiger partial charge on any atom is -0.491 e. The van der Waals surface area contributed by atoms with Crippen molar-refractivity contribution in [2.75, 3.05) is 6.61 Å². The van der Waals surface area contributed by atoms with Gasteiger partial charge >= 0.3 is 0 Å². The van der Waals surface area contributed by atoms with Gasteiger partial charge in [-0.25, -0.2) is 8.78 Å². The number of ketones is 1. The van der Waals surface area contributed by atoms with E-state index in [1.54, 1.807) is 18.2 Å². The van der Waals surface area contributed by atoms with Gasteiger partial charge in [0.2, 0.25) is 0 Å². The van der Waals surface area contributed by atoms with Crippen LogP contribution in [0.15, 0.2) is 36.4 Å². The molecule has 0 bridgehead atoms. The molecule has 1 N–H and O–H groups in total. The molecular weight excluding hydrogens is 302 g/mol. The number of carbonyl (C=O) groups is 1. The average molecular weight is 318 g/mol. The van der Waals surface area contributed by atoms with Crippen molar-refractivity contribution in [2.24, 2.45) is 0 Å². The first-order chi connectivity index (χ1) is 11.0.